The molecular formula is C11H14N4. The van der Waals surface area contributed by atoms with Gasteiger partial charge in [-0.25, -0.2) is 9.97 Å². The van der Waals surface area contributed by atoms with Gasteiger partial charge in [-0.2, -0.15) is 5.10 Å². The topological polar surface area (TPSA) is 54.5 Å². The van der Waals surface area contributed by atoms with Crippen LogP contribution in [-0.4, -0.2) is 20.2 Å². The van der Waals surface area contributed by atoms with Gasteiger partial charge in [-0.15, -0.1) is 0 Å². The highest BCUT2D eigenvalue weighted by Crippen LogP contribution is 2.18. The highest BCUT2D eigenvalue weighted by Gasteiger charge is 2.07. The van der Waals surface area contributed by atoms with Gasteiger partial charge in [-0.1, -0.05) is 13.8 Å². The molecule has 0 aliphatic heterocycles. The van der Waals surface area contributed by atoms with E-state index in [1.54, 1.807) is 6.20 Å². The molecule has 2 aromatic heterocycles. The zero-order valence-corrected chi connectivity index (χ0v) is 9.15. The number of aromatic nitrogens is 4. The van der Waals surface area contributed by atoms with Crippen LogP contribution in [0, 0.1) is 6.92 Å². The van der Waals surface area contributed by atoms with Gasteiger partial charge in [0.1, 0.15) is 5.82 Å². The second-order valence-electron chi connectivity index (χ2n) is 3.89. The Morgan fingerprint density at radius 2 is 2.07 bits per heavy atom. The summed E-state index contributed by atoms with van der Waals surface area (Å²) < 4.78 is 0. The molecule has 0 aliphatic rings. The van der Waals surface area contributed by atoms with Crippen LogP contribution in [0.4, 0.5) is 0 Å². The zero-order chi connectivity index (χ0) is 10.8. The van der Waals surface area contributed by atoms with E-state index < -0.39 is 0 Å². The molecule has 15 heavy (non-hydrogen) atoms. The molecule has 0 saturated heterocycles. The Balaban J connectivity index is 2.49. The third kappa shape index (κ3) is 2.03. The van der Waals surface area contributed by atoms with Gasteiger partial charge in [0, 0.05) is 23.4 Å². The van der Waals surface area contributed by atoms with Crippen LogP contribution in [-0.2, 0) is 0 Å². The Bertz CT molecular complexity index is 446. The number of aryl methyl sites for hydroxylation is 1. The largest absolute Gasteiger partial charge is 0.285 e. The number of hydrogen-bond donors (Lipinski definition) is 1. The van der Waals surface area contributed by atoms with Gasteiger partial charge >= 0.3 is 0 Å². The smallest absolute Gasteiger partial charge is 0.131 e. The van der Waals surface area contributed by atoms with E-state index >= 15 is 0 Å². The van der Waals surface area contributed by atoms with E-state index in [1.165, 1.54) is 0 Å². The van der Waals surface area contributed by atoms with Crippen molar-refractivity contribution < 1.29 is 0 Å². The predicted molar refractivity (Wildman–Crippen MR) is 58.4 cm³/mol. The van der Waals surface area contributed by atoms with Gasteiger partial charge in [0.15, 0.2) is 0 Å². The summed E-state index contributed by atoms with van der Waals surface area (Å²) in [7, 11) is 0. The first-order chi connectivity index (χ1) is 7.16. The number of hydrogen-bond acceptors (Lipinski definition) is 3. The van der Waals surface area contributed by atoms with E-state index in [1.807, 2.05) is 19.2 Å². The summed E-state index contributed by atoms with van der Waals surface area (Å²) in [6.45, 7) is 6.17. The molecule has 2 aromatic rings. The van der Waals surface area contributed by atoms with Crippen LogP contribution in [0.3, 0.4) is 0 Å². The normalized spacial score (nSPS) is 10.9. The molecule has 0 spiro atoms. The van der Waals surface area contributed by atoms with Crippen LogP contribution >= 0.6 is 0 Å². The van der Waals surface area contributed by atoms with Crippen LogP contribution in [0.25, 0.3) is 11.3 Å². The van der Waals surface area contributed by atoms with Crippen molar-refractivity contribution in [3.8, 4) is 11.3 Å². The number of aromatic amines is 1. The van der Waals surface area contributed by atoms with Gasteiger partial charge in [0.25, 0.3) is 0 Å². The number of nitrogens with one attached hydrogen (secondary N) is 1. The van der Waals surface area contributed by atoms with Crippen LogP contribution in [0.15, 0.2) is 18.5 Å². The van der Waals surface area contributed by atoms with E-state index in [-0.39, 0.29) is 0 Å². The lowest BCUT2D eigenvalue weighted by atomic mass is 10.1. The second kappa shape index (κ2) is 3.81. The minimum Gasteiger partial charge on any atom is -0.285 e. The molecule has 0 aromatic carbocycles. The lowest BCUT2D eigenvalue weighted by molar-refractivity contribution is 0.768. The van der Waals surface area contributed by atoms with Crippen molar-refractivity contribution >= 4 is 0 Å². The van der Waals surface area contributed by atoms with Gasteiger partial charge in [-0.05, 0) is 13.0 Å². The Morgan fingerprint density at radius 1 is 1.27 bits per heavy atom. The maximum Gasteiger partial charge on any atom is 0.131 e. The molecule has 0 fully saturated rings. The summed E-state index contributed by atoms with van der Waals surface area (Å²) in [5.74, 6) is 1.22. The highest BCUT2D eigenvalue weighted by atomic mass is 15.1. The van der Waals surface area contributed by atoms with Crippen molar-refractivity contribution in [2.45, 2.75) is 26.7 Å². The monoisotopic (exact) mass is 202 g/mol. The summed E-state index contributed by atoms with van der Waals surface area (Å²) in [6, 6.07) is 1.97. The molecule has 0 unspecified atom stereocenters. The van der Waals surface area contributed by atoms with Crippen LogP contribution in [0.1, 0.15) is 31.3 Å². The number of H-pyrrole nitrogens is 1. The molecule has 78 valence electrons. The van der Waals surface area contributed by atoms with Crippen LogP contribution < -0.4 is 0 Å². The van der Waals surface area contributed by atoms with Gasteiger partial charge in [0.05, 0.1) is 11.9 Å². The molecule has 0 aliphatic carbocycles. The quantitative estimate of drug-likeness (QED) is 0.812. The summed E-state index contributed by atoms with van der Waals surface area (Å²) in [5.41, 5.74) is 2.92. The maximum atomic E-state index is 4.50. The fourth-order valence-electron chi connectivity index (χ4n) is 1.39. The van der Waals surface area contributed by atoms with Gasteiger partial charge in [0.2, 0.25) is 0 Å². The van der Waals surface area contributed by atoms with Gasteiger partial charge < -0.3 is 0 Å². The zero-order valence-electron chi connectivity index (χ0n) is 9.15. The van der Waals surface area contributed by atoms with E-state index in [0.29, 0.717) is 5.92 Å². The molecular weight excluding hydrogens is 188 g/mol. The molecule has 4 heteroatoms. The van der Waals surface area contributed by atoms with Crippen molar-refractivity contribution in [1.29, 1.82) is 0 Å². The lowest BCUT2D eigenvalue weighted by Crippen LogP contribution is -2.00. The maximum absolute atomic E-state index is 4.50. The van der Waals surface area contributed by atoms with E-state index in [2.05, 4.69) is 34.0 Å². The molecule has 2 rings (SSSR count). The highest BCUT2D eigenvalue weighted by molar-refractivity contribution is 5.56. The average Bonchev–Trinajstić information content (AvgIpc) is 2.69. The van der Waals surface area contributed by atoms with Crippen molar-refractivity contribution in [1.82, 2.24) is 20.2 Å². The molecule has 0 radical (unpaired) electrons. The number of rotatable bonds is 2. The molecule has 1 N–H and O–H groups in total. The first-order valence-electron chi connectivity index (χ1n) is 5.01. The van der Waals surface area contributed by atoms with Crippen LogP contribution in [0.5, 0.6) is 0 Å². The van der Waals surface area contributed by atoms with Crippen LogP contribution in [0.2, 0.25) is 0 Å². The second-order valence-corrected chi connectivity index (χ2v) is 3.89. The lowest BCUT2D eigenvalue weighted by Gasteiger charge is -2.06. The van der Waals surface area contributed by atoms with Crippen molar-refractivity contribution in [2.75, 3.05) is 0 Å². The third-order valence-corrected chi connectivity index (χ3v) is 2.18. The average molecular weight is 202 g/mol. The molecule has 0 atom stereocenters. The van der Waals surface area contributed by atoms with E-state index in [0.717, 1.165) is 22.8 Å². The van der Waals surface area contributed by atoms with Crippen molar-refractivity contribution in [3.05, 3.63) is 30.0 Å². The first-order valence-corrected chi connectivity index (χ1v) is 5.01. The fraction of sp³-hybridized carbons (Fsp3) is 0.364. The SMILES string of the molecule is Cc1cc(-c2cn[nH]c2)nc(C(C)C)n1. The predicted octanol–water partition coefficient (Wildman–Crippen LogP) is 2.30. The Labute approximate surface area is 88.8 Å². The van der Waals surface area contributed by atoms with Gasteiger partial charge in [-0.3, -0.25) is 5.10 Å². The standard InChI is InChI=1S/C11H14N4/c1-7(2)11-14-8(3)4-10(15-11)9-5-12-13-6-9/h4-7H,1-3H3,(H,12,13). The Kier molecular flexibility index (Phi) is 2.49. The van der Waals surface area contributed by atoms with E-state index in [9.17, 15) is 0 Å². The van der Waals surface area contributed by atoms with Crippen molar-refractivity contribution in [3.63, 3.8) is 0 Å². The number of nitrogens with zero attached hydrogens (tertiary/aromatic N) is 3. The molecule has 0 saturated carbocycles. The summed E-state index contributed by atoms with van der Waals surface area (Å²) in [5, 5.41) is 6.70. The molecule has 2 heterocycles. The van der Waals surface area contributed by atoms with E-state index in [4.69, 9.17) is 0 Å². The fourth-order valence-corrected chi connectivity index (χ4v) is 1.39. The minimum atomic E-state index is 0.343. The summed E-state index contributed by atoms with van der Waals surface area (Å²) >= 11 is 0. The summed E-state index contributed by atoms with van der Waals surface area (Å²) in [6.07, 6.45) is 3.61. The third-order valence-electron chi connectivity index (χ3n) is 2.18. The molecule has 0 amide bonds. The molecule has 4 nitrogen and oxygen atoms in total. The minimum absolute atomic E-state index is 0.343. The van der Waals surface area contributed by atoms with Crippen molar-refractivity contribution in [2.24, 2.45) is 0 Å². The Morgan fingerprint density at radius 3 is 2.67 bits per heavy atom. The first kappa shape index (κ1) is 9.83. The molecule has 0 bridgehead atoms. The summed E-state index contributed by atoms with van der Waals surface area (Å²) in [4.78, 5) is 8.91. The Hall–Kier alpha value is -1.71.